The van der Waals surface area contributed by atoms with Gasteiger partial charge in [0.05, 0.1) is 44.0 Å². The second-order valence-electron chi connectivity index (χ2n) is 10.4. The van der Waals surface area contributed by atoms with E-state index in [4.69, 9.17) is 18.7 Å². The SMILES string of the molecule is CCCCC[C@@H](C(=O)NCNC(=O)c1ccc(-c2ccc(C(=O)OC)c(C(=O)OC)c2)o1)[C@@H](CC)N(C=O)OCc1ccccc1. The normalized spacial score (nSPS) is 12.0. The first kappa shape index (κ1) is 35.5. The third-order valence-electron chi connectivity index (χ3n) is 7.45. The van der Waals surface area contributed by atoms with Crippen molar-refractivity contribution in [2.24, 2.45) is 5.92 Å². The van der Waals surface area contributed by atoms with Crippen LogP contribution >= 0.6 is 0 Å². The van der Waals surface area contributed by atoms with E-state index in [2.05, 4.69) is 17.6 Å². The smallest absolute Gasteiger partial charge is 0.338 e. The maximum absolute atomic E-state index is 13.4. The molecule has 46 heavy (non-hydrogen) atoms. The van der Waals surface area contributed by atoms with Gasteiger partial charge in [-0.25, -0.2) is 14.7 Å². The number of furan rings is 1. The zero-order valence-electron chi connectivity index (χ0n) is 26.6. The number of nitrogens with one attached hydrogen (secondary N) is 2. The molecule has 0 saturated carbocycles. The lowest BCUT2D eigenvalue weighted by atomic mass is 9.90. The number of hydrogen-bond acceptors (Lipinski definition) is 9. The molecule has 2 aromatic carbocycles. The summed E-state index contributed by atoms with van der Waals surface area (Å²) in [5.74, 6) is -2.68. The van der Waals surface area contributed by atoms with Crippen LogP contribution in [0.4, 0.5) is 0 Å². The van der Waals surface area contributed by atoms with E-state index >= 15 is 0 Å². The summed E-state index contributed by atoms with van der Waals surface area (Å²) in [7, 11) is 2.39. The van der Waals surface area contributed by atoms with Crippen molar-refractivity contribution in [3.8, 4) is 11.3 Å². The quantitative estimate of drug-likeness (QED) is 0.0654. The van der Waals surface area contributed by atoms with Crippen molar-refractivity contribution in [1.29, 1.82) is 0 Å². The topological polar surface area (TPSA) is 153 Å². The van der Waals surface area contributed by atoms with Crippen molar-refractivity contribution in [3.05, 3.63) is 83.1 Å². The van der Waals surface area contributed by atoms with E-state index in [-0.39, 0.29) is 41.8 Å². The Morgan fingerprint density at radius 3 is 2.26 bits per heavy atom. The maximum atomic E-state index is 13.4. The van der Waals surface area contributed by atoms with Crippen molar-refractivity contribution in [2.45, 2.75) is 58.6 Å². The van der Waals surface area contributed by atoms with Gasteiger partial charge >= 0.3 is 11.9 Å². The highest BCUT2D eigenvalue weighted by Crippen LogP contribution is 2.26. The molecule has 246 valence electrons. The lowest BCUT2D eigenvalue weighted by Crippen LogP contribution is -2.48. The third kappa shape index (κ3) is 9.51. The van der Waals surface area contributed by atoms with E-state index in [9.17, 15) is 24.0 Å². The van der Waals surface area contributed by atoms with Gasteiger partial charge in [0.2, 0.25) is 12.3 Å². The number of hydroxylamine groups is 2. The van der Waals surface area contributed by atoms with Gasteiger partial charge in [0.1, 0.15) is 12.4 Å². The van der Waals surface area contributed by atoms with Gasteiger partial charge in [-0.1, -0.05) is 69.5 Å². The van der Waals surface area contributed by atoms with E-state index < -0.39 is 29.8 Å². The van der Waals surface area contributed by atoms with Crippen molar-refractivity contribution in [1.82, 2.24) is 15.7 Å². The summed E-state index contributed by atoms with van der Waals surface area (Å²) in [6, 6.07) is 16.3. The maximum Gasteiger partial charge on any atom is 0.338 e. The summed E-state index contributed by atoms with van der Waals surface area (Å²) in [6.45, 7) is 3.96. The van der Waals surface area contributed by atoms with Crippen LogP contribution in [0.1, 0.15) is 82.8 Å². The van der Waals surface area contributed by atoms with E-state index in [0.717, 1.165) is 24.8 Å². The zero-order chi connectivity index (χ0) is 33.5. The molecular formula is C34H41N3O9. The van der Waals surface area contributed by atoms with Crippen LogP contribution in [-0.4, -0.2) is 62.2 Å². The Labute approximate surface area is 268 Å². The molecule has 0 radical (unpaired) electrons. The van der Waals surface area contributed by atoms with Crippen LogP contribution < -0.4 is 10.6 Å². The van der Waals surface area contributed by atoms with Crippen molar-refractivity contribution < 1.29 is 42.7 Å². The highest BCUT2D eigenvalue weighted by atomic mass is 16.7. The van der Waals surface area contributed by atoms with Crippen LogP contribution in [0, 0.1) is 5.92 Å². The fourth-order valence-corrected chi connectivity index (χ4v) is 4.99. The van der Waals surface area contributed by atoms with Crippen LogP contribution in [0.15, 0.2) is 65.1 Å². The van der Waals surface area contributed by atoms with Gasteiger partial charge in [0.25, 0.3) is 5.91 Å². The predicted octanol–water partition coefficient (Wildman–Crippen LogP) is 4.89. The Balaban J connectivity index is 1.66. The first-order valence-electron chi connectivity index (χ1n) is 15.1. The Kier molecular flexibility index (Phi) is 14.0. The number of carbonyl (C=O) groups excluding carboxylic acids is 5. The molecule has 3 rings (SSSR count). The standard InChI is InChI=1S/C34H41N3O9/c1-5-7-9-14-26(28(6-2)37(22-38)45-20-23-12-10-8-11-13-23)31(39)35-21-36-32(40)30-18-17-29(46-30)24-15-16-25(33(41)43-3)27(19-24)34(42)44-4/h8,10-13,15-19,22,26,28H,5-7,9,14,20-21H2,1-4H3,(H,35,39)(H,36,40)/t26-,28-/m1/s1. The summed E-state index contributed by atoms with van der Waals surface area (Å²) in [4.78, 5) is 68.4. The number of carbonyl (C=O) groups is 5. The number of benzene rings is 2. The van der Waals surface area contributed by atoms with Crippen LogP contribution in [0.5, 0.6) is 0 Å². The average molecular weight is 636 g/mol. The van der Waals surface area contributed by atoms with E-state index in [1.165, 1.54) is 37.5 Å². The Hall–Kier alpha value is -4.97. The third-order valence-corrected chi connectivity index (χ3v) is 7.45. The molecule has 2 atom stereocenters. The Morgan fingerprint density at radius 2 is 1.61 bits per heavy atom. The fraction of sp³-hybridized carbons (Fsp3) is 0.382. The first-order chi connectivity index (χ1) is 22.3. The highest BCUT2D eigenvalue weighted by molar-refractivity contribution is 6.04. The van der Waals surface area contributed by atoms with Crippen LogP contribution in [0.2, 0.25) is 0 Å². The van der Waals surface area contributed by atoms with Crippen molar-refractivity contribution in [2.75, 3.05) is 20.9 Å². The summed E-state index contributed by atoms with van der Waals surface area (Å²) in [6.07, 6.45) is 4.30. The molecule has 0 spiro atoms. The van der Waals surface area contributed by atoms with Crippen LogP contribution in [0.3, 0.4) is 0 Å². The van der Waals surface area contributed by atoms with E-state index in [0.29, 0.717) is 24.8 Å². The second-order valence-corrected chi connectivity index (χ2v) is 10.4. The minimum Gasteiger partial charge on any atom is -0.465 e. The molecule has 0 fully saturated rings. The molecule has 0 saturated heterocycles. The fourth-order valence-electron chi connectivity index (χ4n) is 4.99. The molecule has 0 bridgehead atoms. The number of unbranched alkanes of at least 4 members (excludes halogenated alkanes) is 2. The largest absolute Gasteiger partial charge is 0.465 e. The predicted molar refractivity (Wildman–Crippen MR) is 168 cm³/mol. The molecule has 1 heterocycles. The molecule has 0 unspecified atom stereocenters. The van der Waals surface area contributed by atoms with Gasteiger partial charge in [-0.3, -0.25) is 19.2 Å². The number of methoxy groups -OCH3 is 2. The minimum absolute atomic E-state index is 0.0190. The first-order valence-corrected chi connectivity index (χ1v) is 15.1. The lowest BCUT2D eigenvalue weighted by molar-refractivity contribution is -0.200. The number of esters is 2. The van der Waals surface area contributed by atoms with Gasteiger partial charge in [0.15, 0.2) is 5.76 Å². The van der Waals surface area contributed by atoms with Crippen molar-refractivity contribution >= 4 is 30.2 Å². The Morgan fingerprint density at radius 1 is 0.891 bits per heavy atom. The molecule has 1 aromatic heterocycles. The zero-order valence-corrected chi connectivity index (χ0v) is 26.6. The van der Waals surface area contributed by atoms with E-state index in [1.54, 1.807) is 12.1 Å². The average Bonchev–Trinajstić information content (AvgIpc) is 3.59. The molecular weight excluding hydrogens is 594 g/mol. The van der Waals surface area contributed by atoms with E-state index in [1.807, 2.05) is 37.3 Å². The second kappa shape index (κ2) is 18.1. The molecule has 3 amide bonds. The molecule has 2 N–H and O–H groups in total. The van der Waals surface area contributed by atoms with Gasteiger partial charge in [-0.05, 0) is 42.7 Å². The minimum atomic E-state index is -0.736. The van der Waals surface area contributed by atoms with Gasteiger partial charge in [-0.2, -0.15) is 0 Å². The molecule has 0 aliphatic carbocycles. The van der Waals surface area contributed by atoms with Crippen molar-refractivity contribution in [3.63, 3.8) is 0 Å². The summed E-state index contributed by atoms with van der Waals surface area (Å²) >= 11 is 0. The highest BCUT2D eigenvalue weighted by Gasteiger charge is 2.32. The number of amides is 3. The molecule has 0 aliphatic heterocycles. The Bertz CT molecular complexity index is 1470. The summed E-state index contributed by atoms with van der Waals surface area (Å²) in [5.41, 5.74) is 1.32. The molecule has 3 aromatic rings. The molecule has 12 nitrogen and oxygen atoms in total. The van der Waals surface area contributed by atoms with Gasteiger partial charge in [-0.15, -0.1) is 0 Å². The van der Waals surface area contributed by atoms with Crippen LogP contribution in [-0.2, 0) is 30.5 Å². The number of ether oxygens (including phenoxy) is 2. The number of hydrogen-bond donors (Lipinski definition) is 2. The summed E-state index contributed by atoms with van der Waals surface area (Å²) < 4.78 is 15.2. The summed E-state index contributed by atoms with van der Waals surface area (Å²) in [5, 5.41) is 6.60. The molecule has 0 aliphatic rings. The van der Waals surface area contributed by atoms with Gasteiger partial charge < -0.3 is 24.5 Å². The van der Waals surface area contributed by atoms with Gasteiger partial charge in [0, 0.05) is 5.56 Å². The lowest BCUT2D eigenvalue weighted by Gasteiger charge is -2.32. The molecule has 12 heteroatoms. The van der Waals surface area contributed by atoms with Crippen LogP contribution in [0.25, 0.3) is 11.3 Å². The number of rotatable bonds is 18. The monoisotopic (exact) mass is 635 g/mol. The number of nitrogens with zero attached hydrogens (tertiary/aromatic N) is 1.